The molecule has 6 nitrogen and oxygen atoms in total. The lowest BCUT2D eigenvalue weighted by atomic mass is 10.1. The first-order valence-corrected chi connectivity index (χ1v) is 11.0. The number of anilines is 1. The van der Waals surface area contributed by atoms with Crippen LogP contribution in [-0.4, -0.2) is 26.4 Å². The second kappa shape index (κ2) is 9.72. The van der Waals surface area contributed by atoms with E-state index in [4.69, 9.17) is 16.0 Å². The van der Waals surface area contributed by atoms with E-state index >= 15 is 0 Å². The molecule has 4 rings (SSSR count). The lowest BCUT2D eigenvalue weighted by Crippen LogP contribution is -2.18. The van der Waals surface area contributed by atoms with Crippen molar-refractivity contribution in [1.29, 1.82) is 0 Å². The highest BCUT2D eigenvalue weighted by Gasteiger charge is 2.34. The molecule has 0 radical (unpaired) electrons. The van der Waals surface area contributed by atoms with Gasteiger partial charge in [0.1, 0.15) is 0 Å². The third-order valence-corrected chi connectivity index (χ3v) is 5.74. The zero-order valence-electron chi connectivity index (χ0n) is 16.8. The van der Waals surface area contributed by atoms with Crippen molar-refractivity contribution in [2.45, 2.75) is 17.9 Å². The number of benzene rings is 2. The van der Waals surface area contributed by atoms with Crippen LogP contribution >= 0.6 is 23.4 Å². The van der Waals surface area contributed by atoms with E-state index in [1.807, 2.05) is 30.3 Å². The van der Waals surface area contributed by atoms with Crippen molar-refractivity contribution in [2.75, 3.05) is 11.1 Å². The molecule has 0 spiro atoms. The highest BCUT2D eigenvalue weighted by atomic mass is 35.5. The lowest BCUT2D eigenvalue weighted by Gasteiger charge is -2.14. The Morgan fingerprint density at radius 3 is 2.58 bits per heavy atom. The number of rotatable bonds is 7. The summed E-state index contributed by atoms with van der Waals surface area (Å²) in [6, 6.07) is 16.2. The van der Waals surface area contributed by atoms with Gasteiger partial charge in [0.15, 0.2) is 10.9 Å². The predicted octanol–water partition coefficient (Wildman–Crippen LogP) is 5.99. The van der Waals surface area contributed by atoms with E-state index in [1.54, 1.807) is 16.7 Å². The molecule has 1 amide bonds. The Morgan fingerprint density at radius 2 is 1.88 bits per heavy atom. The summed E-state index contributed by atoms with van der Waals surface area (Å²) >= 11 is 6.74. The van der Waals surface area contributed by atoms with E-state index in [2.05, 4.69) is 15.5 Å². The number of nitrogens with one attached hydrogen (secondary N) is 1. The second-order valence-electron chi connectivity index (χ2n) is 6.88. The third-order valence-electron chi connectivity index (χ3n) is 4.54. The molecule has 1 N–H and O–H groups in total. The Bertz CT molecular complexity index is 1240. The Labute approximate surface area is 195 Å². The molecule has 11 heteroatoms. The normalized spacial score (nSPS) is 11.5. The molecule has 2 aromatic carbocycles. The number of halogens is 4. The summed E-state index contributed by atoms with van der Waals surface area (Å²) < 4.78 is 47.1. The highest BCUT2D eigenvalue weighted by molar-refractivity contribution is 7.99. The van der Waals surface area contributed by atoms with Gasteiger partial charge in [0, 0.05) is 5.02 Å². The molecule has 0 atom stereocenters. The van der Waals surface area contributed by atoms with E-state index in [0.717, 1.165) is 29.5 Å². The number of hydrogen-bond donors (Lipinski definition) is 1. The number of carbonyl (C=O) groups excluding carboxylic acids is 1. The molecule has 2 heterocycles. The van der Waals surface area contributed by atoms with Gasteiger partial charge in [-0.25, -0.2) is 0 Å². The van der Waals surface area contributed by atoms with Gasteiger partial charge in [0.2, 0.25) is 11.7 Å². The molecule has 170 valence electrons. The van der Waals surface area contributed by atoms with Crippen molar-refractivity contribution >= 4 is 35.0 Å². The van der Waals surface area contributed by atoms with Gasteiger partial charge in [0.25, 0.3) is 0 Å². The van der Waals surface area contributed by atoms with Crippen molar-refractivity contribution in [2.24, 2.45) is 0 Å². The average molecular weight is 493 g/mol. The smallest absolute Gasteiger partial charge is 0.418 e. The molecule has 0 fully saturated rings. The topological polar surface area (TPSA) is 73.0 Å². The zero-order chi connectivity index (χ0) is 23.4. The fraction of sp³-hybridized carbons (Fsp3) is 0.136. The maximum atomic E-state index is 13.3. The minimum absolute atomic E-state index is 0.0748. The van der Waals surface area contributed by atoms with Crippen molar-refractivity contribution in [3.05, 3.63) is 83.1 Å². The zero-order valence-corrected chi connectivity index (χ0v) is 18.4. The van der Waals surface area contributed by atoms with Crippen LogP contribution in [-0.2, 0) is 17.5 Å². The van der Waals surface area contributed by atoms with Crippen LogP contribution < -0.4 is 5.32 Å². The molecule has 0 saturated heterocycles. The molecular formula is C22H16ClF3N4O2S. The number of carbonyl (C=O) groups is 1. The summed E-state index contributed by atoms with van der Waals surface area (Å²) in [6.07, 6.45) is -3.14. The van der Waals surface area contributed by atoms with Gasteiger partial charge in [-0.15, -0.1) is 10.2 Å². The summed E-state index contributed by atoms with van der Waals surface area (Å²) in [5.41, 5.74) is -0.396. The van der Waals surface area contributed by atoms with Crippen molar-refractivity contribution in [3.8, 4) is 11.6 Å². The van der Waals surface area contributed by atoms with Crippen LogP contribution in [0.25, 0.3) is 11.6 Å². The van der Waals surface area contributed by atoms with Gasteiger partial charge < -0.3 is 9.73 Å². The van der Waals surface area contributed by atoms with Crippen molar-refractivity contribution in [1.82, 2.24) is 14.8 Å². The van der Waals surface area contributed by atoms with Crippen LogP contribution in [0.3, 0.4) is 0 Å². The summed E-state index contributed by atoms with van der Waals surface area (Å²) in [7, 11) is 0. The Kier molecular flexibility index (Phi) is 6.75. The second-order valence-corrected chi connectivity index (χ2v) is 8.26. The van der Waals surface area contributed by atoms with Gasteiger partial charge in [0.05, 0.1) is 29.8 Å². The Morgan fingerprint density at radius 1 is 1.09 bits per heavy atom. The third kappa shape index (κ3) is 5.58. The molecule has 4 aromatic rings. The molecule has 0 bridgehead atoms. The van der Waals surface area contributed by atoms with Gasteiger partial charge >= 0.3 is 6.18 Å². The SMILES string of the molecule is O=C(CSc1nnc(-c2ccco2)n1Cc1ccccc1)Nc1ccc(Cl)cc1C(F)(F)F. The van der Waals surface area contributed by atoms with E-state index < -0.39 is 17.6 Å². The summed E-state index contributed by atoms with van der Waals surface area (Å²) in [6.45, 7) is 0.420. The standard InChI is InChI=1S/C22H16ClF3N4O2S/c23-15-8-9-17(16(11-15)22(24,25)26)27-19(31)13-33-21-29-28-20(18-7-4-10-32-18)30(21)12-14-5-2-1-3-6-14/h1-11H,12-13H2,(H,27,31). The molecule has 0 aliphatic heterocycles. The number of thioether (sulfide) groups is 1. The molecule has 2 aromatic heterocycles. The maximum absolute atomic E-state index is 13.3. The average Bonchev–Trinajstić information content (AvgIpc) is 3.44. The monoisotopic (exact) mass is 492 g/mol. The van der Waals surface area contributed by atoms with Crippen molar-refractivity contribution < 1.29 is 22.4 Å². The molecule has 0 unspecified atom stereocenters. The minimum atomic E-state index is -4.66. The summed E-state index contributed by atoms with van der Waals surface area (Å²) in [5, 5.41) is 11.0. The molecule has 0 aliphatic rings. The van der Waals surface area contributed by atoms with Crippen molar-refractivity contribution in [3.63, 3.8) is 0 Å². The first-order chi connectivity index (χ1) is 15.8. The van der Waals surface area contributed by atoms with Crippen LogP contribution in [0.2, 0.25) is 5.02 Å². The molecule has 0 aliphatic carbocycles. The number of furan rings is 1. The van der Waals surface area contributed by atoms with E-state index in [0.29, 0.717) is 23.3 Å². The first kappa shape index (κ1) is 22.9. The van der Waals surface area contributed by atoms with E-state index in [9.17, 15) is 18.0 Å². The summed E-state index contributed by atoms with van der Waals surface area (Å²) in [4.78, 5) is 12.4. The number of nitrogens with zero attached hydrogens (tertiary/aromatic N) is 3. The highest BCUT2D eigenvalue weighted by Crippen LogP contribution is 2.36. The Balaban J connectivity index is 1.52. The van der Waals surface area contributed by atoms with Gasteiger partial charge in [-0.05, 0) is 35.9 Å². The van der Waals surface area contributed by atoms with Crippen LogP contribution in [0.1, 0.15) is 11.1 Å². The molecule has 0 saturated carbocycles. The number of amides is 1. The van der Waals surface area contributed by atoms with E-state index in [-0.39, 0.29) is 16.5 Å². The number of alkyl halides is 3. The quantitative estimate of drug-likeness (QED) is 0.321. The summed E-state index contributed by atoms with van der Waals surface area (Å²) in [5.74, 6) is 0.182. The Hall–Kier alpha value is -3.24. The first-order valence-electron chi connectivity index (χ1n) is 9.61. The largest absolute Gasteiger partial charge is 0.461 e. The number of aromatic nitrogens is 3. The fourth-order valence-corrected chi connectivity index (χ4v) is 3.98. The van der Waals surface area contributed by atoms with Crippen LogP contribution in [0.4, 0.5) is 18.9 Å². The van der Waals surface area contributed by atoms with Crippen LogP contribution in [0, 0.1) is 0 Å². The molecule has 33 heavy (non-hydrogen) atoms. The predicted molar refractivity (Wildman–Crippen MR) is 119 cm³/mol. The van der Waals surface area contributed by atoms with Gasteiger partial charge in [-0.3, -0.25) is 9.36 Å². The van der Waals surface area contributed by atoms with Gasteiger partial charge in [-0.2, -0.15) is 13.2 Å². The minimum Gasteiger partial charge on any atom is -0.461 e. The van der Waals surface area contributed by atoms with Gasteiger partial charge in [-0.1, -0.05) is 53.7 Å². The lowest BCUT2D eigenvalue weighted by molar-refractivity contribution is -0.137. The number of hydrogen-bond acceptors (Lipinski definition) is 5. The van der Waals surface area contributed by atoms with Crippen LogP contribution in [0.5, 0.6) is 0 Å². The van der Waals surface area contributed by atoms with Crippen LogP contribution in [0.15, 0.2) is 76.5 Å². The van der Waals surface area contributed by atoms with E-state index in [1.165, 1.54) is 12.3 Å². The molecular weight excluding hydrogens is 477 g/mol. The fourth-order valence-electron chi connectivity index (χ4n) is 3.07. The maximum Gasteiger partial charge on any atom is 0.418 e.